The van der Waals surface area contributed by atoms with E-state index in [1.807, 2.05) is 12.1 Å². The van der Waals surface area contributed by atoms with Crippen molar-refractivity contribution in [1.82, 2.24) is 14.8 Å². The van der Waals surface area contributed by atoms with E-state index >= 15 is 0 Å². The molecule has 3 rings (SSSR count). The molecule has 0 aliphatic carbocycles. The molecule has 2 aromatic rings. The summed E-state index contributed by atoms with van der Waals surface area (Å²) in [6, 6.07) is 15.7. The third-order valence-electron chi connectivity index (χ3n) is 5.74. The van der Waals surface area contributed by atoms with Crippen LogP contribution in [-0.2, 0) is 6.54 Å². The highest BCUT2D eigenvalue weighted by Crippen LogP contribution is 2.33. The molecule has 0 amide bonds. The van der Waals surface area contributed by atoms with Gasteiger partial charge < -0.3 is 4.74 Å². The largest absolute Gasteiger partial charge is 0.481 e. The van der Waals surface area contributed by atoms with Gasteiger partial charge in [-0.1, -0.05) is 38.1 Å². The molecule has 5 heteroatoms. The second kappa shape index (κ2) is 9.39. The zero-order valence-corrected chi connectivity index (χ0v) is 18.2. The molecule has 2 heterocycles. The number of nitrogens with zero attached hydrogens (tertiary/aromatic N) is 4. The lowest BCUT2D eigenvalue weighted by Crippen LogP contribution is -2.50. The van der Waals surface area contributed by atoms with E-state index in [-0.39, 0.29) is 0 Å². The maximum Gasteiger partial charge on any atom is 0.214 e. The number of ether oxygens (including phenoxy) is 1. The molecule has 0 spiro atoms. The number of nitriles is 1. The Bertz CT molecular complexity index is 871. The third-order valence-corrected chi connectivity index (χ3v) is 5.74. The van der Waals surface area contributed by atoms with E-state index in [1.165, 1.54) is 11.1 Å². The number of methoxy groups -OCH3 is 1. The van der Waals surface area contributed by atoms with Crippen molar-refractivity contribution in [2.24, 2.45) is 0 Å². The molecular formula is C24H32N4O. The average molecular weight is 393 g/mol. The monoisotopic (exact) mass is 392 g/mol. The summed E-state index contributed by atoms with van der Waals surface area (Å²) < 4.78 is 5.28. The van der Waals surface area contributed by atoms with E-state index in [2.05, 4.69) is 72.8 Å². The molecule has 1 fully saturated rings. The summed E-state index contributed by atoms with van der Waals surface area (Å²) in [5, 5.41) is 9.27. The lowest BCUT2D eigenvalue weighted by atomic mass is 9.90. The van der Waals surface area contributed by atoms with Crippen molar-refractivity contribution in [3.63, 3.8) is 0 Å². The minimum Gasteiger partial charge on any atom is -0.481 e. The number of hydrogen-bond acceptors (Lipinski definition) is 5. The summed E-state index contributed by atoms with van der Waals surface area (Å²) in [5.41, 5.74) is 4.34. The minimum atomic E-state index is 0.363. The molecule has 1 aromatic carbocycles. The summed E-state index contributed by atoms with van der Waals surface area (Å²) in [5.74, 6) is 1.000. The minimum absolute atomic E-state index is 0.363. The number of aromatic nitrogens is 1. The fourth-order valence-electron chi connectivity index (χ4n) is 4.30. The Morgan fingerprint density at radius 2 is 1.93 bits per heavy atom. The maximum absolute atomic E-state index is 9.27. The molecule has 154 valence electrons. The Morgan fingerprint density at radius 1 is 1.17 bits per heavy atom. The summed E-state index contributed by atoms with van der Waals surface area (Å²) in [4.78, 5) is 9.28. The lowest BCUT2D eigenvalue weighted by Gasteiger charge is -2.44. The first-order valence-corrected chi connectivity index (χ1v) is 10.4. The van der Waals surface area contributed by atoms with E-state index in [9.17, 15) is 5.26 Å². The van der Waals surface area contributed by atoms with Gasteiger partial charge in [0.25, 0.3) is 0 Å². The van der Waals surface area contributed by atoms with E-state index in [4.69, 9.17) is 4.74 Å². The van der Waals surface area contributed by atoms with Crippen molar-refractivity contribution >= 4 is 0 Å². The number of benzene rings is 1. The van der Waals surface area contributed by atoms with Gasteiger partial charge in [0.2, 0.25) is 5.88 Å². The Hall–Kier alpha value is -2.42. The van der Waals surface area contributed by atoms with E-state index in [1.54, 1.807) is 7.11 Å². The third kappa shape index (κ3) is 4.95. The van der Waals surface area contributed by atoms with Crippen LogP contribution in [-0.4, -0.2) is 47.6 Å². The van der Waals surface area contributed by atoms with Gasteiger partial charge in [-0.3, -0.25) is 9.80 Å². The standard InChI is InChI=1S/C24H32N4O/c1-17(2)21-8-6-7-9-22(21)23-16-27(10-11-28(23)18(3)4)15-19-12-20(14-25)26-24(13-19)29-5/h6-9,12-13,17-18,23H,10-11,15-16H2,1-5H3. The highest BCUT2D eigenvalue weighted by Gasteiger charge is 2.31. The van der Waals surface area contributed by atoms with Crippen molar-refractivity contribution in [3.8, 4) is 11.9 Å². The first-order chi connectivity index (χ1) is 13.9. The smallest absolute Gasteiger partial charge is 0.214 e. The molecule has 0 bridgehead atoms. The van der Waals surface area contributed by atoms with Crippen LogP contribution < -0.4 is 4.74 Å². The SMILES string of the molecule is COc1cc(CN2CCN(C(C)C)C(c3ccccc3C(C)C)C2)cc(C#N)n1. The summed E-state index contributed by atoms with van der Waals surface area (Å²) >= 11 is 0. The van der Waals surface area contributed by atoms with Crippen molar-refractivity contribution in [3.05, 3.63) is 58.8 Å². The van der Waals surface area contributed by atoms with Gasteiger partial charge in [0.05, 0.1) is 7.11 Å². The molecule has 0 radical (unpaired) electrons. The van der Waals surface area contributed by atoms with Crippen molar-refractivity contribution in [1.29, 1.82) is 5.26 Å². The number of hydrogen-bond donors (Lipinski definition) is 0. The molecule has 1 aliphatic heterocycles. The average Bonchev–Trinajstić information content (AvgIpc) is 2.73. The molecular weight excluding hydrogens is 360 g/mol. The highest BCUT2D eigenvalue weighted by atomic mass is 16.5. The summed E-state index contributed by atoms with van der Waals surface area (Å²) in [7, 11) is 1.59. The van der Waals surface area contributed by atoms with Gasteiger partial charge in [0.1, 0.15) is 11.8 Å². The highest BCUT2D eigenvalue weighted by molar-refractivity contribution is 5.34. The van der Waals surface area contributed by atoms with Crippen LogP contribution in [0.5, 0.6) is 5.88 Å². The Labute approximate surface area is 174 Å². The van der Waals surface area contributed by atoms with Gasteiger partial charge >= 0.3 is 0 Å². The second-order valence-electron chi connectivity index (χ2n) is 8.38. The van der Waals surface area contributed by atoms with Crippen molar-refractivity contribution in [2.45, 2.75) is 52.2 Å². The molecule has 1 aromatic heterocycles. The molecule has 1 aliphatic rings. The van der Waals surface area contributed by atoms with E-state index in [0.717, 1.165) is 31.7 Å². The molecule has 1 atom stereocenters. The number of piperazine rings is 1. The Morgan fingerprint density at radius 3 is 2.59 bits per heavy atom. The molecule has 5 nitrogen and oxygen atoms in total. The molecule has 0 N–H and O–H groups in total. The topological polar surface area (TPSA) is 52.4 Å². The second-order valence-corrected chi connectivity index (χ2v) is 8.38. The van der Waals surface area contributed by atoms with Gasteiger partial charge in [-0.15, -0.1) is 0 Å². The van der Waals surface area contributed by atoms with Gasteiger partial charge in [0.15, 0.2) is 0 Å². The van der Waals surface area contributed by atoms with Crippen LogP contribution in [0.1, 0.15) is 62.0 Å². The lowest BCUT2D eigenvalue weighted by molar-refractivity contribution is 0.0462. The van der Waals surface area contributed by atoms with Gasteiger partial charge in [-0.2, -0.15) is 5.26 Å². The van der Waals surface area contributed by atoms with E-state index < -0.39 is 0 Å². The zero-order chi connectivity index (χ0) is 21.0. The van der Waals surface area contributed by atoms with Crippen LogP contribution in [0.4, 0.5) is 0 Å². The zero-order valence-electron chi connectivity index (χ0n) is 18.2. The predicted molar refractivity (Wildman–Crippen MR) is 116 cm³/mol. The first-order valence-electron chi connectivity index (χ1n) is 10.4. The van der Waals surface area contributed by atoms with Gasteiger partial charge in [0, 0.05) is 44.3 Å². The molecule has 1 unspecified atom stereocenters. The molecule has 0 saturated carbocycles. The Balaban J connectivity index is 1.87. The normalized spacial score (nSPS) is 18.2. The fourth-order valence-corrected chi connectivity index (χ4v) is 4.30. The van der Waals surface area contributed by atoms with Crippen LogP contribution in [0.15, 0.2) is 36.4 Å². The summed E-state index contributed by atoms with van der Waals surface area (Å²) in [6.45, 7) is 12.9. The Kier molecular flexibility index (Phi) is 6.89. The van der Waals surface area contributed by atoms with Crippen molar-refractivity contribution < 1.29 is 4.74 Å². The molecule has 1 saturated heterocycles. The predicted octanol–water partition coefficient (Wildman–Crippen LogP) is 4.35. The van der Waals surface area contributed by atoms with Crippen LogP contribution in [0, 0.1) is 11.3 Å². The fraction of sp³-hybridized carbons (Fsp3) is 0.500. The first kappa shape index (κ1) is 21.3. The van der Waals surface area contributed by atoms with Crippen LogP contribution in [0.3, 0.4) is 0 Å². The van der Waals surface area contributed by atoms with Crippen molar-refractivity contribution in [2.75, 3.05) is 26.7 Å². The molecule has 29 heavy (non-hydrogen) atoms. The maximum atomic E-state index is 9.27. The van der Waals surface area contributed by atoms with Crippen LogP contribution in [0.2, 0.25) is 0 Å². The van der Waals surface area contributed by atoms with Crippen LogP contribution >= 0.6 is 0 Å². The number of pyridine rings is 1. The van der Waals surface area contributed by atoms with Gasteiger partial charge in [-0.05, 0) is 42.5 Å². The number of rotatable bonds is 6. The quantitative estimate of drug-likeness (QED) is 0.731. The van der Waals surface area contributed by atoms with Gasteiger partial charge in [-0.25, -0.2) is 4.98 Å². The van der Waals surface area contributed by atoms with Crippen LogP contribution in [0.25, 0.3) is 0 Å². The summed E-state index contributed by atoms with van der Waals surface area (Å²) in [6.07, 6.45) is 0. The van der Waals surface area contributed by atoms with E-state index in [0.29, 0.717) is 29.6 Å².